The van der Waals surface area contributed by atoms with E-state index in [0.717, 1.165) is 51.1 Å². The lowest BCUT2D eigenvalue weighted by atomic mass is 10.1. The summed E-state index contributed by atoms with van der Waals surface area (Å²) in [6.45, 7) is 9.66. The molecule has 1 amide bonds. The van der Waals surface area contributed by atoms with Crippen LogP contribution >= 0.6 is 11.3 Å². The summed E-state index contributed by atoms with van der Waals surface area (Å²) in [5, 5.41) is 28.0. The van der Waals surface area contributed by atoms with Crippen molar-refractivity contribution >= 4 is 33.8 Å². The lowest BCUT2D eigenvalue weighted by Gasteiger charge is -2.41. The molecule has 4 aromatic rings. The highest BCUT2D eigenvalue weighted by Crippen LogP contribution is 2.39. The third-order valence-corrected chi connectivity index (χ3v) is 8.63. The summed E-state index contributed by atoms with van der Waals surface area (Å²) in [7, 11) is 1.68. The second-order valence-corrected chi connectivity index (χ2v) is 13.1. The number of methoxy groups -OCH3 is 1. The Morgan fingerprint density at radius 3 is 2.65 bits per heavy atom. The Kier molecular flexibility index (Phi) is 7.66. The van der Waals surface area contributed by atoms with Gasteiger partial charge < -0.3 is 19.7 Å². The molecule has 0 spiro atoms. The number of pyridine rings is 1. The van der Waals surface area contributed by atoms with Crippen molar-refractivity contribution in [1.29, 1.82) is 5.26 Å². The van der Waals surface area contributed by atoms with Gasteiger partial charge in [0.1, 0.15) is 11.7 Å². The number of carbonyl (C=O) groups is 1. The van der Waals surface area contributed by atoms with Crippen LogP contribution in [0.3, 0.4) is 0 Å². The number of ether oxygens (including phenoxy) is 2. The molecule has 0 aliphatic carbocycles. The number of carbonyl (C=O) groups excluding carboxylic acids is 1. The number of hydrogen-bond donors (Lipinski definition) is 1. The van der Waals surface area contributed by atoms with Gasteiger partial charge in [-0.3, -0.25) is 9.88 Å². The van der Waals surface area contributed by atoms with E-state index in [9.17, 15) is 10.1 Å². The number of nitrogens with one attached hydrogen (secondary N) is 1. The lowest BCUT2D eigenvalue weighted by molar-refractivity contribution is 0.0123. The van der Waals surface area contributed by atoms with Gasteiger partial charge in [0, 0.05) is 38.1 Å². The van der Waals surface area contributed by atoms with Crippen molar-refractivity contribution < 1.29 is 14.3 Å². The van der Waals surface area contributed by atoms with Crippen molar-refractivity contribution in [2.24, 2.45) is 0 Å². The van der Waals surface area contributed by atoms with E-state index >= 15 is 0 Å². The molecule has 6 rings (SSSR count). The predicted octanol–water partition coefficient (Wildman–Crippen LogP) is 4.82. The highest BCUT2D eigenvalue weighted by atomic mass is 32.1. The molecular formula is C30H35N9O3S. The summed E-state index contributed by atoms with van der Waals surface area (Å²) in [6, 6.07) is 10.00. The third kappa shape index (κ3) is 5.85. The number of nitrogens with zero attached hydrogens (tertiary/aromatic N) is 8. The standard InChI is InChI=1S/C30H35N9O3S/c1-18(17-41-5)34-24-11-25(26-9-8-20-10-19(12-31)13-33-39(20)26)32-14-23(24)27-35-36-28(43-27)37-15-21-6-7-22(16-37)38(21)29(40)42-30(2,3)4/h8-11,13-14,18,21-22H,6-7,15-17H2,1-5H3,(H,32,34)/t18-,21?,22?/m1/s1. The SMILES string of the molecule is COC[C@@H](C)Nc1cc(-c2ccc3cc(C#N)cnn23)ncc1-c1nnc(N2CC3CCC(C2)N3C(=O)OC(C)(C)C)s1. The average molecular weight is 602 g/mol. The molecular weight excluding hydrogens is 566 g/mol. The second-order valence-electron chi connectivity index (χ2n) is 12.1. The molecule has 2 fully saturated rings. The number of anilines is 2. The minimum Gasteiger partial charge on any atom is -0.444 e. The molecule has 2 aliphatic heterocycles. The van der Waals surface area contributed by atoms with Crippen LogP contribution in [0.4, 0.5) is 15.6 Å². The van der Waals surface area contributed by atoms with Crippen LogP contribution in [0, 0.1) is 11.3 Å². The van der Waals surface area contributed by atoms with Crippen LogP contribution < -0.4 is 10.2 Å². The zero-order valence-electron chi connectivity index (χ0n) is 24.9. The maximum atomic E-state index is 12.9. The van der Waals surface area contributed by atoms with Gasteiger partial charge in [-0.1, -0.05) is 11.3 Å². The van der Waals surface area contributed by atoms with Crippen LogP contribution in [0.15, 0.2) is 36.7 Å². The Bertz CT molecular complexity index is 1670. The minimum atomic E-state index is -0.524. The largest absolute Gasteiger partial charge is 0.444 e. The topological polar surface area (TPSA) is 134 Å². The maximum absolute atomic E-state index is 12.9. The van der Waals surface area contributed by atoms with Gasteiger partial charge in [0.05, 0.1) is 52.9 Å². The molecule has 2 bridgehead atoms. The Morgan fingerprint density at radius 2 is 1.95 bits per heavy atom. The Labute approximate surface area is 254 Å². The molecule has 13 heteroatoms. The zero-order chi connectivity index (χ0) is 30.3. The van der Waals surface area contributed by atoms with E-state index < -0.39 is 5.60 Å². The molecule has 2 saturated heterocycles. The van der Waals surface area contributed by atoms with Gasteiger partial charge in [0.25, 0.3) is 0 Å². The molecule has 0 radical (unpaired) electrons. The molecule has 0 aromatic carbocycles. The number of rotatable bonds is 7. The van der Waals surface area contributed by atoms with Crippen LogP contribution in [0.25, 0.3) is 27.5 Å². The molecule has 3 atom stereocenters. The van der Waals surface area contributed by atoms with Gasteiger partial charge in [-0.05, 0) is 64.8 Å². The normalized spacial score (nSPS) is 19.0. The molecule has 1 N–H and O–H groups in total. The first-order valence-corrected chi connectivity index (χ1v) is 15.2. The van der Waals surface area contributed by atoms with E-state index in [1.165, 1.54) is 11.3 Å². The summed E-state index contributed by atoms with van der Waals surface area (Å²) < 4.78 is 12.9. The monoisotopic (exact) mass is 601 g/mol. The molecule has 0 saturated carbocycles. The van der Waals surface area contributed by atoms with E-state index in [1.54, 1.807) is 23.9 Å². The fourth-order valence-corrected chi connectivity index (χ4v) is 6.71. The van der Waals surface area contributed by atoms with Gasteiger partial charge in [0.15, 0.2) is 5.01 Å². The number of aromatic nitrogens is 5. The van der Waals surface area contributed by atoms with Crippen LogP contribution in [-0.4, -0.2) is 86.3 Å². The van der Waals surface area contributed by atoms with Crippen molar-refractivity contribution in [1.82, 2.24) is 29.7 Å². The summed E-state index contributed by atoms with van der Waals surface area (Å²) in [5.41, 5.74) is 4.03. The molecule has 12 nitrogen and oxygen atoms in total. The molecule has 43 heavy (non-hydrogen) atoms. The van der Waals surface area contributed by atoms with Crippen molar-refractivity contribution in [3.05, 3.63) is 42.2 Å². The van der Waals surface area contributed by atoms with Crippen LogP contribution in [0.2, 0.25) is 0 Å². The number of nitriles is 1. The Hall–Kier alpha value is -4.28. The first-order valence-electron chi connectivity index (χ1n) is 14.4. The van der Waals surface area contributed by atoms with Crippen molar-refractivity contribution in [3.8, 4) is 28.0 Å². The highest BCUT2D eigenvalue weighted by Gasteiger charge is 2.45. The lowest BCUT2D eigenvalue weighted by Crippen LogP contribution is -2.56. The van der Waals surface area contributed by atoms with Gasteiger partial charge in [-0.25, -0.2) is 9.31 Å². The fourth-order valence-electron chi connectivity index (χ4n) is 5.82. The first-order chi connectivity index (χ1) is 20.6. The van der Waals surface area contributed by atoms with E-state index in [0.29, 0.717) is 25.3 Å². The summed E-state index contributed by atoms with van der Waals surface area (Å²) in [5.74, 6) is 0. The number of fused-ring (bicyclic) bond motifs is 3. The summed E-state index contributed by atoms with van der Waals surface area (Å²) >= 11 is 1.52. The van der Waals surface area contributed by atoms with E-state index in [2.05, 4.69) is 38.5 Å². The van der Waals surface area contributed by atoms with E-state index in [1.807, 2.05) is 50.1 Å². The van der Waals surface area contributed by atoms with Gasteiger partial charge in [-0.2, -0.15) is 10.4 Å². The quantitative estimate of drug-likeness (QED) is 0.314. The van der Waals surface area contributed by atoms with Crippen molar-refractivity contribution in [3.63, 3.8) is 0 Å². The Morgan fingerprint density at radius 1 is 1.19 bits per heavy atom. The molecule has 224 valence electrons. The minimum absolute atomic E-state index is 0.0309. The number of amides is 1. The fraction of sp³-hybridized carbons (Fsp3) is 0.467. The second kappa shape index (κ2) is 11.4. The van der Waals surface area contributed by atoms with E-state index in [-0.39, 0.29) is 24.2 Å². The summed E-state index contributed by atoms with van der Waals surface area (Å²) in [4.78, 5) is 21.9. The zero-order valence-corrected chi connectivity index (χ0v) is 25.8. The van der Waals surface area contributed by atoms with Gasteiger partial charge in [-0.15, -0.1) is 10.2 Å². The molecule has 6 heterocycles. The van der Waals surface area contributed by atoms with Crippen molar-refractivity contribution in [2.75, 3.05) is 37.0 Å². The van der Waals surface area contributed by atoms with Crippen LogP contribution in [0.1, 0.15) is 46.1 Å². The molecule has 4 aromatic heterocycles. The smallest absolute Gasteiger partial charge is 0.410 e. The molecule has 2 aliphatic rings. The maximum Gasteiger partial charge on any atom is 0.410 e. The summed E-state index contributed by atoms with van der Waals surface area (Å²) in [6.07, 6.45) is 5.02. The predicted molar refractivity (Wildman–Crippen MR) is 164 cm³/mol. The molecule has 2 unspecified atom stereocenters. The van der Waals surface area contributed by atoms with Crippen molar-refractivity contribution in [2.45, 2.75) is 64.3 Å². The number of piperazine rings is 1. The average Bonchev–Trinajstić information content (AvgIpc) is 3.68. The third-order valence-electron chi connectivity index (χ3n) is 7.62. The Balaban J connectivity index is 1.27. The first kappa shape index (κ1) is 28.8. The highest BCUT2D eigenvalue weighted by molar-refractivity contribution is 7.18. The van der Waals surface area contributed by atoms with Crippen LogP contribution in [0.5, 0.6) is 0 Å². The van der Waals surface area contributed by atoms with Gasteiger partial charge in [0.2, 0.25) is 5.13 Å². The number of hydrogen-bond acceptors (Lipinski definition) is 11. The van der Waals surface area contributed by atoms with Crippen LogP contribution in [-0.2, 0) is 9.47 Å². The van der Waals surface area contributed by atoms with E-state index in [4.69, 9.17) is 14.5 Å². The van der Waals surface area contributed by atoms with Gasteiger partial charge >= 0.3 is 6.09 Å².